The first-order valence-corrected chi connectivity index (χ1v) is 9.03. The van der Waals surface area contributed by atoms with Crippen LogP contribution in [0.25, 0.3) is 0 Å². The second-order valence-electron chi connectivity index (χ2n) is 6.28. The van der Waals surface area contributed by atoms with Crippen molar-refractivity contribution in [1.29, 1.82) is 0 Å². The number of rotatable bonds is 9. The smallest absolute Gasteiger partial charge is 0.240 e. The molecule has 0 unspecified atom stereocenters. The molecule has 6 N–H and O–H groups in total. The fraction of sp³-hybridized carbons (Fsp3) is 0.200. The first kappa shape index (κ1) is 22.2. The molecule has 0 aliphatic rings. The van der Waals surface area contributed by atoms with E-state index in [1.807, 2.05) is 0 Å². The number of hydrogen-bond donors (Lipinski definition) is 6. The van der Waals surface area contributed by atoms with Crippen molar-refractivity contribution in [3.8, 4) is 23.0 Å². The van der Waals surface area contributed by atoms with Crippen LogP contribution in [0.5, 0.6) is 23.0 Å². The highest BCUT2D eigenvalue weighted by Crippen LogP contribution is 2.21. The molecule has 0 aliphatic carbocycles. The van der Waals surface area contributed by atoms with Crippen molar-refractivity contribution in [3.63, 3.8) is 0 Å². The summed E-state index contributed by atoms with van der Waals surface area (Å²) in [5.41, 5.74) is 5.31. The summed E-state index contributed by atoms with van der Waals surface area (Å²) in [5, 5.41) is 45.1. The summed E-state index contributed by atoms with van der Waals surface area (Å²) in [5.74, 6) is -1.18. The van der Waals surface area contributed by atoms with E-state index in [9.17, 15) is 30.0 Å². The van der Waals surface area contributed by atoms with Gasteiger partial charge in [0, 0.05) is 36.1 Å². The summed E-state index contributed by atoms with van der Waals surface area (Å²) < 4.78 is 0. The molecule has 0 radical (unpaired) electrons. The van der Waals surface area contributed by atoms with Crippen molar-refractivity contribution in [3.05, 3.63) is 47.5 Å². The molecule has 0 saturated carbocycles. The third-order valence-corrected chi connectivity index (χ3v) is 3.87. The van der Waals surface area contributed by atoms with Gasteiger partial charge in [0.05, 0.1) is 12.4 Å². The molecular formula is C20H22N4O6. The molecule has 0 aliphatic heterocycles. The summed E-state index contributed by atoms with van der Waals surface area (Å²) >= 11 is 0. The van der Waals surface area contributed by atoms with E-state index in [1.54, 1.807) is 0 Å². The highest BCUT2D eigenvalue weighted by molar-refractivity contribution is 5.86. The van der Waals surface area contributed by atoms with Crippen molar-refractivity contribution >= 4 is 24.2 Å². The minimum absolute atomic E-state index is 0.0816. The average Bonchev–Trinajstić information content (AvgIpc) is 2.68. The Morgan fingerprint density at radius 1 is 0.733 bits per heavy atom. The van der Waals surface area contributed by atoms with Gasteiger partial charge in [-0.15, -0.1) is 0 Å². The maximum atomic E-state index is 11.7. The molecule has 0 atom stereocenters. The fourth-order valence-corrected chi connectivity index (χ4v) is 2.31. The minimum Gasteiger partial charge on any atom is -0.508 e. The zero-order valence-electron chi connectivity index (χ0n) is 15.9. The van der Waals surface area contributed by atoms with Crippen LogP contribution in [0.15, 0.2) is 46.6 Å². The molecule has 0 saturated heterocycles. The molecular weight excluding hydrogens is 392 g/mol. The second-order valence-corrected chi connectivity index (χ2v) is 6.28. The van der Waals surface area contributed by atoms with Gasteiger partial charge in [0.1, 0.15) is 23.0 Å². The molecule has 2 amide bonds. The highest BCUT2D eigenvalue weighted by Gasteiger charge is 2.04. The van der Waals surface area contributed by atoms with Crippen LogP contribution < -0.4 is 10.9 Å². The predicted molar refractivity (Wildman–Crippen MR) is 109 cm³/mol. The van der Waals surface area contributed by atoms with E-state index in [-0.39, 0.29) is 47.7 Å². The lowest BCUT2D eigenvalue weighted by Gasteiger charge is -2.02. The Hall–Kier alpha value is -4.08. The third kappa shape index (κ3) is 7.50. The molecule has 0 bridgehead atoms. The Balaban J connectivity index is 1.63. The Labute approximate surface area is 172 Å². The van der Waals surface area contributed by atoms with E-state index in [0.717, 1.165) is 12.1 Å². The van der Waals surface area contributed by atoms with Gasteiger partial charge >= 0.3 is 0 Å². The zero-order chi connectivity index (χ0) is 21.9. The van der Waals surface area contributed by atoms with Gasteiger partial charge in [-0.1, -0.05) is 0 Å². The third-order valence-electron chi connectivity index (χ3n) is 3.87. The van der Waals surface area contributed by atoms with Crippen LogP contribution >= 0.6 is 0 Å². The van der Waals surface area contributed by atoms with Crippen LogP contribution in [-0.4, -0.2) is 44.7 Å². The molecule has 2 aromatic rings. The SMILES string of the molecule is O=C(CCCCC(=O)N/N=C/c1ccc(O)cc1O)N/N=C/c1ccc(O)cc1O. The van der Waals surface area contributed by atoms with E-state index in [1.165, 1.54) is 36.7 Å². The number of phenolic OH excluding ortho intramolecular Hbond substituents is 4. The van der Waals surface area contributed by atoms with E-state index >= 15 is 0 Å². The lowest BCUT2D eigenvalue weighted by Crippen LogP contribution is -2.19. The molecule has 0 heterocycles. The number of hydrazone groups is 2. The molecule has 30 heavy (non-hydrogen) atoms. The summed E-state index contributed by atoms with van der Waals surface area (Å²) in [6.45, 7) is 0. The van der Waals surface area contributed by atoms with E-state index in [0.29, 0.717) is 24.0 Å². The van der Waals surface area contributed by atoms with E-state index in [2.05, 4.69) is 21.1 Å². The average molecular weight is 414 g/mol. The van der Waals surface area contributed by atoms with Gasteiger partial charge in [0.2, 0.25) is 11.8 Å². The van der Waals surface area contributed by atoms with Crippen LogP contribution in [0, 0.1) is 0 Å². The first-order chi connectivity index (χ1) is 14.3. The molecule has 0 spiro atoms. The number of unbranched alkanes of at least 4 members (excludes halogenated alkanes) is 1. The van der Waals surface area contributed by atoms with Crippen LogP contribution in [-0.2, 0) is 9.59 Å². The lowest BCUT2D eigenvalue weighted by atomic mass is 10.2. The fourth-order valence-electron chi connectivity index (χ4n) is 2.31. The molecule has 2 aromatic carbocycles. The zero-order valence-corrected chi connectivity index (χ0v) is 15.9. The van der Waals surface area contributed by atoms with Crippen LogP contribution in [0.2, 0.25) is 0 Å². The maximum absolute atomic E-state index is 11.7. The Morgan fingerprint density at radius 3 is 1.50 bits per heavy atom. The molecule has 0 fully saturated rings. The number of nitrogens with zero attached hydrogens (tertiary/aromatic N) is 2. The van der Waals surface area contributed by atoms with Crippen LogP contribution in [0.3, 0.4) is 0 Å². The number of hydrogen-bond acceptors (Lipinski definition) is 8. The lowest BCUT2D eigenvalue weighted by molar-refractivity contribution is -0.123. The summed E-state index contributed by atoms with van der Waals surface area (Å²) in [7, 11) is 0. The molecule has 10 nitrogen and oxygen atoms in total. The second kappa shape index (κ2) is 11.1. The van der Waals surface area contributed by atoms with Crippen molar-refractivity contribution in [2.24, 2.45) is 10.2 Å². The number of aromatic hydroxyl groups is 4. The summed E-state index contributed by atoms with van der Waals surface area (Å²) in [6, 6.07) is 7.98. The van der Waals surface area contributed by atoms with E-state index < -0.39 is 0 Å². The first-order valence-electron chi connectivity index (χ1n) is 9.03. The normalized spacial score (nSPS) is 11.1. The summed E-state index contributed by atoms with van der Waals surface area (Å²) in [4.78, 5) is 23.4. The van der Waals surface area contributed by atoms with Crippen LogP contribution in [0.4, 0.5) is 0 Å². The van der Waals surface area contributed by atoms with Crippen molar-refractivity contribution in [2.45, 2.75) is 25.7 Å². The summed E-state index contributed by atoms with van der Waals surface area (Å²) in [6.07, 6.45) is 3.76. The highest BCUT2D eigenvalue weighted by atomic mass is 16.3. The standard InChI is InChI=1S/C20H22N4O6/c25-15-7-5-13(17(27)9-15)11-21-23-19(29)3-1-2-4-20(30)24-22-12-14-6-8-16(26)10-18(14)28/h5-12,25-28H,1-4H2,(H,23,29)(H,24,30)/b21-11+,22-12+. The number of nitrogens with one attached hydrogen (secondary N) is 2. The van der Waals surface area contributed by atoms with Gasteiger partial charge < -0.3 is 20.4 Å². The maximum Gasteiger partial charge on any atom is 0.240 e. The molecule has 10 heteroatoms. The van der Waals surface area contributed by atoms with Crippen molar-refractivity contribution < 1.29 is 30.0 Å². The molecule has 2 rings (SSSR count). The van der Waals surface area contributed by atoms with Gasteiger partial charge in [-0.2, -0.15) is 10.2 Å². The number of phenols is 4. The van der Waals surface area contributed by atoms with Gasteiger partial charge in [-0.25, -0.2) is 10.9 Å². The topological polar surface area (TPSA) is 164 Å². The number of benzene rings is 2. The van der Waals surface area contributed by atoms with E-state index in [4.69, 9.17) is 0 Å². The predicted octanol–water partition coefficient (Wildman–Crippen LogP) is 1.67. The quantitative estimate of drug-likeness (QED) is 0.208. The Bertz CT molecular complexity index is 881. The van der Waals surface area contributed by atoms with Gasteiger partial charge in [0.15, 0.2) is 0 Å². The number of carbonyl (C=O) groups excluding carboxylic acids is 2. The van der Waals surface area contributed by atoms with Gasteiger partial charge in [-0.3, -0.25) is 9.59 Å². The Kier molecular flexibility index (Phi) is 8.18. The number of carbonyl (C=O) groups is 2. The monoisotopic (exact) mass is 414 g/mol. The van der Waals surface area contributed by atoms with Crippen molar-refractivity contribution in [1.82, 2.24) is 10.9 Å². The van der Waals surface area contributed by atoms with Gasteiger partial charge in [0.25, 0.3) is 0 Å². The van der Waals surface area contributed by atoms with Gasteiger partial charge in [-0.05, 0) is 37.1 Å². The largest absolute Gasteiger partial charge is 0.508 e. The number of amides is 2. The Morgan fingerprint density at radius 2 is 1.13 bits per heavy atom. The minimum atomic E-state index is -0.342. The molecule has 158 valence electrons. The molecule has 0 aromatic heterocycles. The van der Waals surface area contributed by atoms with Crippen molar-refractivity contribution in [2.75, 3.05) is 0 Å². The van der Waals surface area contributed by atoms with Crippen LogP contribution in [0.1, 0.15) is 36.8 Å².